The number of hydrazine groups is 1. The highest BCUT2D eigenvalue weighted by Gasteiger charge is 2.23. The summed E-state index contributed by atoms with van der Waals surface area (Å²) in [6, 6.07) is 0.414. The van der Waals surface area contributed by atoms with Crippen LogP contribution in [-0.2, 0) is 0 Å². The number of likely N-dealkylation sites (tertiary alicyclic amines) is 1. The number of anilines is 3. The molecule has 1 atom stereocenters. The second kappa shape index (κ2) is 6.19. The van der Waals surface area contributed by atoms with Gasteiger partial charge < -0.3 is 14.7 Å². The monoisotopic (exact) mass is 280 g/mol. The van der Waals surface area contributed by atoms with E-state index in [1.54, 1.807) is 0 Å². The van der Waals surface area contributed by atoms with Crippen molar-refractivity contribution in [1.29, 1.82) is 0 Å². The molecule has 1 aliphatic heterocycles. The smallest absolute Gasteiger partial charge is 0.243 e. The van der Waals surface area contributed by atoms with Crippen LogP contribution < -0.4 is 21.1 Å². The summed E-state index contributed by atoms with van der Waals surface area (Å²) in [6.45, 7) is 2.17. The van der Waals surface area contributed by atoms with Gasteiger partial charge in [-0.3, -0.25) is 5.43 Å². The molecule has 0 aliphatic carbocycles. The van der Waals surface area contributed by atoms with Gasteiger partial charge in [-0.25, -0.2) is 5.84 Å². The van der Waals surface area contributed by atoms with E-state index >= 15 is 0 Å². The van der Waals surface area contributed by atoms with Gasteiger partial charge in [-0.05, 0) is 26.4 Å². The number of hydrogen-bond donors (Lipinski definition) is 2. The molecule has 0 spiro atoms. The number of rotatable bonds is 4. The second-order valence-corrected chi connectivity index (χ2v) is 5.47. The molecule has 1 fully saturated rings. The summed E-state index contributed by atoms with van der Waals surface area (Å²) >= 11 is 0. The average Bonchev–Trinajstić information content (AvgIpc) is 2.45. The van der Waals surface area contributed by atoms with E-state index in [1.807, 2.05) is 26.0 Å². The minimum absolute atomic E-state index is 0.384. The Balaban J connectivity index is 2.23. The molecule has 1 aromatic heterocycles. The fraction of sp³-hybridized carbons (Fsp3) is 0.750. The molecule has 1 aliphatic rings. The van der Waals surface area contributed by atoms with Crippen LogP contribution in [0.5, 0.6) is 0 Å². The molecule has 112 valence electrons. The summed E-state index contributed by atoms with van der Waals surface area (Å²) in [7, 11) is 7.96. The number of nitrogens with two attached hydrogens (primary N) is 1. The molecule has 3 N–H and O–H groups in total. The van der Waals surface area contributed by atoms with Gasteiger partial charge in [-0.1, -0.05) is 0 Å². The first-order valence-electron chi connectivity index (χ1n) is 6.82. The van der Waals surface area contributed by atoms with Crippen LogP contribution in [0.4, 0.5) is 17.8 Å². The SMILES string of the molecule is CN1CCCC(N(C)c2nc(NN)nc(N(C)C)n2)C1. The van der Waals surface area contributed by atoms with Gasteiger partial charge in [0.15, 0.2) is 0 Å². The standard InChI is InChI=1S/C12H24N8/c1-18(2)11-14-10(17-13)15-12(16-11)20(4)9-6-5-7-19(3)8-9/h9H,5-8,13H2,1-4H3,(H,14,15,16,17). The van der Waals surface area contributed by atoms with Crippen molar-refractivity contribution in [2.75, 3.05) is 56.5 Å². The van der Waals surface area contributed by atoms with Crippen molar-refractivity contribution in [3.05, 3.63) is 0 Å². The van der Waals surface area contributed by atoms with Crippen molar-refractivity contribution in [3.8, 4) is 0 Å². The van der Waals surface area contributed by atoms with Crippen LogP contribution >= 0.6 is 0 Å². The zero-order chi connectivity index (χ0) is 14.7. The molecular formula is C12H24N8. The van der Waals surface area contributed by atoms with Crippen LogP contribution in [0.2, 0.25) is 0 Å². The van der Waals surface area contributed by atoms with E-state index in [0.29, 0.717) is 23.9 Å². The minimum atomic E-state index is 0.384. The molecule has 2 rings (SSSR count). The Kier molecular flexibility index (Phi) is 4.56. The maximum Gasteiger partial charge on any atom is 0.243 e. The first kappa shape index (κ1) is 14.7. The molecule has 8 heteroatoms. The van der Waals surface area contributed by atoms with Crippen LogP contribution in [0.25, 0.3) is 0 Å². The summed E-state index contributed by atoms with van der Waals surface area (Å²) in [5, 5.41) is 0. The quantitative estimate of drug-likeness (QED) is 0.577. The molecule has 1 unspecified atom stereocenters. The van der Waals surface area contributed by atoms with Gasteiger partial charge in [0.05, 0.1) is 0 Å². The number of nitrogens with one attached hydrogen (secondary N) is 1. The lowest BCUT2D eigenvalue weighted by atomic mass is 10.1. The van der Waals surface area contributed by atoms with Crippen LogP contribution in [0.1, 0.15) is 12.8 Å². The average molecular weight is 280 g/mol. The lowest BCUT2D eigenvalue weighted by Gasteiger charge is -2.36. The van der Waals surface area contributed by atoms with Crippen molar-refractivity contribution in [2.45, 2.75) is 18.9 Å². The van der Waals surface area contributed by atoms with E-state index in [4.69, 9.17) is 5.84 Å². The topological polar surface area (TPSA) is 86.4 Å². The lowest BCUT2D eigenvalue weighted by molar-refractivity contribution is 0.247. The fourth-order valence-corrected chi connectivity index (χ4v) is 2.39. The van der Waals surface area contributed by atoms with Gasteiger partial charge >= 0.3 is 0 Å². The molecule has 1 aromatic rings. The largest absolute Gasteiger partial charge is 0.347 e. The van der Waals surface area contributed by atoms with Crippen molar-refractivity contribution in [3.63, 3.8) is 0 Å². The van der Waals surface area contributed by atoms with E-state index in [9.17, 15) is 0 Å². The number of hydrogen-bond acceptors (Lipinski definition) is 8. The molecule has 2 heterocycles. The molecule has 0 saturated carbocycles. The Morgan fingerprint density at radius 1 is 1.20 bits per heavy atom. The Morgan fingerprint density at radius 3 is 2.50 bits per heavy atom. The third-order valence-electron chi connectivity index (χ3n) is 3.60. The number of likely N-dealkylation sites (N-methyl/N-ethyl adjacent to an activating group) is 2. The van der Waals surface area contributed by atoms with Crippen molar-refractivity contribution < 1.29 is 0 Å². The van der Waals surface area contributed by atoms with Gasteiger partial charge in [0.2, 0.25) is 17.8 Å². The van der Waals surface area contributed by atoms with Crippen LogP contribution in [-0.4, -0.2) is 67.2 Å². The van der Waals surface area contributed by atoms with E-state index in [-0.39, 0.29) is 0 Å². The third kappa shape index (κ3) is 3.26. The van der Waals surface area contributed by atoms with E-state index < -0.39 is 0 Å². The maximum atomic E-state index is 5.44. The summed E-state index contributed by atoms with van der Waals surface area (Å²) in [6.07, 6.45) is 2.34. The second-order valence-electron chi connectivity index (χ2n) is 5.47. The predicted octanol–water partition coefficient (Wildman–Crippen LogP) is -0.246. The predicted molar refractivity (Wildman–Crippen MR) is 80.9 cm³/mol. The molecule has 0 amide bonds. The number of nitrogen functional groups attached to an aromatic ring is 1. The molecule has 0 bridgehead atoms. The minimum Gasteiger partial charge on any atom is -0.347 e. The Hall–Kier alpha value is -1.67. The lowest BCUT2D eigenvalue weighted by Crippen LogP contribution is -2.45. The van der Waals surface area contributed by atoms with Gasteiger partial charge in [-0.2, -0.15) is 15.0 Å². The maximum absolute atomic E-state index is 5.44. The Morgan fingerprint density at radius 2 is 1.90 bits per heavy atom. The Bertz CT molecular complexity index is 449. The van der Waals surface area contributed by atoms with E-state index in [0.717, 1.165) is 19.5 Å². The highest BCUT2D eigenvalue weighted by molar-refractivity contribution is 5.44. The zero-order valence-electron chi connectivity index (χ0n) is 12.7. The van der Waals surface area contributed by atoms with E-state index in [2.05, 4.69) is 37.2 Å². The summed E-state index contributed by atoms with van der Waals surface area (Å²) in [5.41, 5.74) is 2.50. The van der Waals surface area contributed by atoms with Crippen molar-refractivity contribution in [2.24, 2.45) is 5.84 Å². The fourth-order valence-electron chi connectivity index (χ4n) is 2.39. The summed E-state index contributed by atoms with van der Waals surface area (Å²) in [4.78, 5) is 19.4. The molecule has 8 nitrogen and oxygen atoms in total. The molecule has 0 radical (unpaired) electrons. The number of piperidine rings is 1. The molecule has 0 aromatic carbocycles. The highest BCUT2D eigenvalue weighted by Crippen LogP contribution is 2.20. The van der Waals surface area contributed by atoms with Gasteiger partial charge in [0, 0.05) is 33.7 Å². The Labute approximate surface area is 120 Å². The van der Waals surface area contributed by atoms with Gasteiger partial charge in [0.25, 0.3) is 0 Å². The molecule has 1 saturated heterocycles. The first-order chi connectivity index (χ1) is 9.51. The zero-order valence-corrected chi connectivity index (χ0v) is 12.7. The normalized spacial score (nSPS) is 19.8. The van der Waals surface area contributed by atoms with Crippen LogP contribution in [0, 0.1) is 0 Å². The van der Waals surface area contributed by atoms with Gasteiger partial charge in [-0.15, -0.1) is 0 Å². The highest BCUT2D eigenvalue weighted by atomic mass is 15.4. The number of aromatic nitrogens is 3. The first-order valence-corrected chi connectivity index (χ1v) is 6.82. The van der Waals surface area contributed by atoms with Crippen molar-refractivity contribution >= 4 is 17.8 Å². The van der Waals surface area contributed by atoms with Crippen LogP contribution in [0.3, 0.4) is 0 Å². The number of nitrogens with zero attached hydrogens (tertiary/aromatic N) is 6. The van der Waals surface area contributed by atoms with E-state index in [1.165, 1.54) is 6.42 Å². The van der Waals surface area contributed by atoms with Crippen LogP contribution in [0.15, 0.2) is 0 Å². The third-order valence-corrected chi connectivity index (χ3v) is 3.60. The summed E-state index contributed by atoms with van der Waals surface area (Å²) in [5.74, 6) is 7.07. The van der Waals surface area contributed by atoms with Gasteiger partial charge in [0.1, 0.15) is 0 Å². The molecule has 20 heavy (non-hydrogen) atoms. The molecular weight excluding hydrogens is 256 g/mol. The summed E-state index contributed by atoms with van der Waals surface area (Å²) < 4.78 is 0. The van der Waals surface area contributed by atoms with Crippen molar-refractivity contribution in [1.82, 2.24) is 19.9 Å².